The summed E-state index contributed by atoms with van der Waals surface area (Å²) in [7, 11) is 1.47. The first-order valence-electron chi connectivity index (χ1n) is 11.3. The van der Waals surface area contributed by atoms with Crippen LogP contribution < -0.4 is 21.6 Å². The Morgan fingerprint density at radius 2 is 1.71 bits per heavy atom. The molecule has 4 rings (SSSR count). The number of aromatic amines is 1. The summed E-state index contributed by atoms with van der Waals surface area (Å²) >= 11 is 0. The van der Waals surface area contributed by atoms with E-state index in [1.165, 1.54) is 36.3 Å². The van der Waals surface area contributed by atoms with E-state index < -0.39 is 40.2 Å². The number of hydrogen-bond donors (Lipinski definition) is 2. The number of alkyl halides is 3. The van der Waals surface area contributed by atoms with Gasteiger partial charge in [0.25, 0.3) is 11.1 Å². The molecule has 14 heteroatoms. The van der Waals surface area contributed by atoms with Crippen LogP contribution in [0, 0.1) is 11.6 Å². The van der Waals surface area contributed by atoms with Crippen molar-refractivity contribution in [3.05, 3.63) is 74.8 Å². The molecule has 0 aliphatic heterocycles. The molecule has 0 atom stereocenters. The van der Waals surface area contributed by atoms with Crippen molar-refractivity contribution in [2.24, 2.45) is 0 Å². The fourth-order valence-corrected chi connectivity index (χ4v) is 3.50. The highest BCUT2D eigenvalue weighted by molar-refractivity contribution is 5.86. The van der Waals surface area contributed by atoms with Crippen LogP contribution in [-0.2, 0) is 12.7 Å². The van der Waals surface area contributed by atoms with Crippen LogP contribution in [0.1, 0.15) is 31.7 Å². The number of halogens is 5. The van der Waals surface area contributed by atoms with E-state index >= 15 is 0 Å². The van der Waals surface area contributed by atoms with E-state index in [0.717, 1.165) is 31.5 Å². The number of fused-ring (bicyclic) bond motifs is 1. The molecule has 9 nitrogen and oxygen atoms in total. The monoisotopic (exact) mass is 538 g/mol. The van der Waals surface area contributed by atoms with Crippen LogP contribution in [0.4, 0.5) is 27.6 Å². The number of aromatic nitrogens is 5. The largest absolute Gasteiger partial charge is 0.494 e. The quantitative estimate of drug-likeness (QED) is 0.277. The van der Waals surface area contributed by atoms with Gasteiger partial charge in [0.05, 0.1) is 42.3 Å². The lowest BCUT2D eigenvalue weighted by molar-refractivity contribution is -0.138. The molecule has 3 aromatic heterocycles. The Kier molecular flexibility index (Phi) is 8.76. The van der Waals surface area contributed by atoms with Gasteiger partial charge in [-0.25, -0.2) is 23.8 Å². The van der Waals surface area contributed by atoms with E-state index in [-0.39, 0.29) is 22.2 Å². The molecule has 1 aromatic carbocycles. The highest BCUT2D eigenvalue weighted by atomic mass is 19.4. The number of nitrogens with one attached hydrogen (secondary N) is 1. The average Bonchev–Trinajstić information content (AvgIpc) is 2.86. The minimum Gasteiger partial charge on any atom is -0.494 e. The van der Waals surface area contributed by atoms with Crippen molar-refractivity contribution in [1.29, 1.82) is 0 Å². The van der Waals surface area contributed by atoms with Gasteiger partial charge in [-0.1, -0.05) is 19.8 Å². The van der Waals surface area contributed by atoms with Gasteiger partial charge in [-0.15, -0.1) is 0 Å². The number of methoxy groups -OCH3 is 1. The van der Waals surface area contributed by atoms with Gasteiger partial charge in [-0.05, 0) is 18.6 Å². The molecule has 0 amide bonds. The van der Waals surface area contributed by atoms with Crippen LogP contribution in [0.3, 0.4) is 0 Å². The minimum absolute atomic E-state index is 0.0104. The molecule has 0 unspecified atom stereocenters. The Hall–Kier alpha value is -4.36. The molecule has 202 valence electrons. The maximum atomic E-state index is 14.6. The number of benzene rings is 1. The molecule has 0 saturated carbocycles. The lowest BCUT2D eigenvalue weighted by Crippen LogP contribution is -2.24. The van der Waals surface area contributed by atoms with E-state index in [2.05, 4.69) is 15.1 Å². The Morgan fingerprint density at radius 3 is 2.26 bits per heavy atom. The van der Waals surface area contributed by atoms with Crippen molar-refractivity contribution < 1.29 is 26.7 Å². The van der Waals surface area contributed by atoms with Crippen LogP contribution in [0.5, 0.6) is 5.75 Å². The summed E-state index contributed by atoms with van der Waals surface area (Å²) in [6.45, 7) is 2.45. The molecule has 0 bridgehead atoms. The fraction of sp³-hybridized carbons (Fsp3) is 0.292. The molecular weight excluding hydrogens is 515 g/mol. The Morgan fingerprint density at radius 1 is 1.03 bits per heavy atom. The highest BCUT2D eigenvalue weighted by Crippen LogP contribution is 2.29. The number of H-pyrrole nitrogens is 1. The molecule has 0 saturated heterocycles. The van der Waals surface area contributed by atoms with Gasteiger partial charge in [-0.2, -0.15) is 18.3 Å². The van der Waals surface area contributed by atoms with Crippen molar-refractivity contribution in [2.75, 3.05) is 12.8 Å². The number of aryl methyl sites for hydroxylation is 1. The first kappa shape index (κ1) is 28.2. The molecule has 3 heterocycles. The van der Waals surface area contributed by atoms with Crippen LogP contribution in [0.15, 0.2) is 46.5 Å². The number of hydrogen-bond acceptors (Lipinski definition) is 7. The summed E-state index contributed by atoms with van der Waals surface area (Å²) in [4.78, 5) is 31.2. The third-order valence-corrected chi connectivity index (χ3v) is 5.40. The second kappa shape index (κ2) is 11.8. The molecule has 0 radical (unpaired) electrons. The number of ether oxygens (including phenoxy) is 1. The minimum atomic E-state index is -4.74. The smallest absolute Gasteiger partial charge is 0.423 e. The number of anilines is 1. The van der Waals surface area contributed by atoms with Crippen molar-refractivity contribution in [2.45, 2.75) is 38.9 Å². The van der Waals surface area contributed by atoms with Gasteiger partial charge in [-0.3, -0.25) is 9.59 Å². The fourth-order valence-electron chi connectivity index (χ4n) is 3.50. The zero-order chi connectivity index (χ0) is 28.0. The molecule has 0 fully saturated rings. The highest BCUT2D eigenvalue weighted by Gasteiger charge is 2.36. The Bertz CT molecular complexity index is 1530. The predicted octanol–water partition coefficient (Wildman–Crippen LogP) is 4.31. The standard InChI is InChI=1S/C19H19F2N3O2.C5H4F3N3O/c1-3-4-5-6-24-11-17(21)13-7-15(16(20)8-14(13)19(24)25)18-22-9-12(26-2)10-23-18;6-5(7,8)3-2(9)1-10-11-4(3)12/h7-11H,3-6H2,1-2H3;1H,(H3,9,11,12). The Balaban J connectivity index is 0.000000279. The summed E-state index contributed by atoms with van der Waals surface area (Å²) in [5.74, 6) is -0.732. The molecular formula is C24H23F5N6O3. The van der Waals surface area contributed by atoms with Gasteiger partial charge in [0.2, 0.25) is 0 Å². The van der Waals surface area contributed by atoms with Crippen molar-refractivity contribution in [3.63, 3.8) is 0 Å². The number of nitrogens with two attached hydrogens (primary N) is 1. The first-order valence-corrected chi connectivity index (χ1v) is 11.3. The van der Waals surface area contributed by atoms with Crippen LogP contribution in [-0.4, -0.2) is 31.8 Å². The predicted molar refractivity (Wildman–Crippen MR) is 129 cm³/mol. The average molecular weight is 538 g/mol. The zero-order valence-corrected chi connectivity index (χ0v) is 20.3. The third kappa shape index (κ3) is 6.30. The topological polar surface area (TPSA) is 129 Å². The summed E-state index contributed by atoms with van der Waals surface area (Å²) in [6, 6.07) is 2.33. The summed E-state index contributed by atoms with van der Waals surface area (Å²) in [6.07, 6.45) is 2.67. The lowest BCUT2D eigenvalue weighted by atomic mass is 10.1. The second-order valence-electron chi connectivity index (χ2n) is 8.03. The van der Waals surface area contributed by atoms with Crippen LogP contribution >= 0.6 is 0 Å². The number of rotatable bonds is 6. The Labute approximate surface area is 212 Å². The lowest BCUT2D eigenvalue weighted by Gasteiger charge is -2.10. The van der Waals surface area contributed by atoms with Gasteiger partial charge >= 0.3 is 6.18 Å². The molecule has 0 aliphatic carbocycles. The van der Waals surface area contributed by atoms with Crippen molar-refractivity contribution >= 4 is 16.5 Å². The van der Waals surface area contributed by atoms with Gasteiger partial charge in [0.15, 0.2) is 11.6 Å². The summed E-state index contributed by atoms with van der Waals surface area (Å²) < 4.78 is 71.3. The third-order valence-electron chi connectivity index (χ3n) is 5.40. The second-order valence-corrected chi connectivity index (χ2v) is 8.03. The van der Waals surface area contributed by atoms with Gasteiger partial charge in [0.1, 0.15) is 17.2 Å². The zero-order valence-electron chi connectivity index (χ0n) is 20.3. The van der Waals surface area contributed by atoms with Crippen LogP contribution in [0.25, 0.3) is 22.2 Å². The number of pyridine rings is 1. The summed E-state index contributed by atoms with van der Waals surface area (Å²) in [5, 5.41) is 4.80. The number of nitrogens with zero attached hydrogens (tertiary/aromatic N) is 4. The van der Waals surface area contributed by atoms with E-state index in [4.69, 9.17) is 10.5 Å². The molecule has 38 heavy (non-hydrogen) atoms. The van der Waals surface area contributed by atoms with E-state index in [9.17, 15) is 31.5 Å². The van der Waals surface area contributed by atoms with Crippen molar-refractivity contribution in [3.8, 4) is 17.1 Å². The normalized spacial score (nSPS) is 11.2. The van der Waals surface area contributed by atoms with Crippen molar-refractivity contribution in [1.82, 2.24) is 24.7 Å². The van der Waals surface area contributed by atoms with E-state index in [1.807, 2.05) is 6.92 Å². The maximum absolute atomic E-state index is 14.6. The number of unbranched alkanes of at least 4 members (excludes halogenated alkanes) is 2. The maximum Gasteiger partial charge on any atom is 0.423 e. The van der Waals surface area contributed by atoms with Gasteiger partial charge in [0, 0.05) is 18.1 Å². The molecule has 3 N–H and O–H groups in total. The SMILES string of the molecule is CCCCCn1cc(F)c2cc(-c3ncc(OC)cn3)c(F)cc2c1=O.Nc1cn[nH]c(=O)c1C(F)(F)F. The molecule has 0 spiro atoms. The number of nitrogen functional groups attached to an aromatic ring is 1. The molecule has 0 aliphatic rings. The summed E-state index contributed by atoms with van der Waals surface area (Å²) in [5.41, 5.74) is 1.12. The molecule has 4 aromatic rings. The van der Waals surface area contributed by atoms with E-state index in [0.29, 0.717) is 12.3 Å². The van der Waals surface area contributed by atoms with Gasteiger partial charge < -0.3 is 15.0 Å². The van der Waals surface area contributed by atoms with E-state index in [1.54, 1.807) is 5.10 Å². The van der Waals surface area contributed by atoms with Crippen LogP contribution in [0.2, 0.25) is 0 Å². The first-order chi connectivity index (χ1) is 18.0.